The first-order chi connectivity index (χ1) is 56.0. The topological polar surface area (TPSA) is 0 Å². The van der Waals surface area contributed by atoms with Gasteiger partial charge < -0.3 is 0 Å². The van der Waals surface area contributed by atoms with Crippen LogP contribution in [0.1, 0.15) is 203 Å². The summed E-state index contributed by atoms with van der Waals surface area (Å²) in [6.07, 6.45) is 5.24. The Morgan fingerprint density at radius 3 is 0.487 bits per heavy atom. The Kier molecular flexibility index (Phi) is 24.7. The third-order valence-corrected chi connectivity index (χ3v) is 29.7. The molecule has 5 heterocycles. The minimum atomic E-state index is 0.433. The van der Waals surface area contributed by atoms with E-state index in [1.54, 1.807) is 0 Å². The minimum absolute atomic E-state index is 0.433. The Morgan fingerprint density at radius 1 is 0.157 bits per heavy atom. The monoisotopic (exact) mass is 1580 g/mol. The first-order valence-corrected chi connectivity index (χ1v) is 44.9. The Bertz CT molecular complexity index is 5170. The van der Waals surface area contributed by atoms with Crippen LogP contribution in [0.3, 0.4) is 0 Å². The largest absolute Gasteiger partial charge is 0.0895 e. The van der Waals surface area contributed by atoms with Crippen molar-refractivity contribution in [3.63, 3.8) is 0 Å². The average molecular weight is 1580 g/mol. The van der Waals surface area contributed by atoms with Gasteiger partial charge in [-0.05, 0) is 239 Å². The molecule has 115 heavy (non-hydrogen) atoms. The van der Waals surface area contributed by atoms with Crippen LogP contribution < -0.4 is 0 Å². The highest BCUT2D eigenvalue weighted by atomic mass is 32.2. The van der Waals surface area contributed by atoms with Crippen molar-refractivity contribution in [2.24, 2.45) is 0 Å². The molecule has 0 radical (unpaired) electrons. The summed E-state index contributed by atoms with van der Waals surface area (Å²) in [6.45, 7) is 22.3. The summed E-state index contributed by atoms with van der Waals surface area (Å²) in [5, 5.41) is 0. The normalized spacial score (nSPS) is 14.0. The summed E-state index contributed by atoms with van der Waals surface area (Å²) in [6, 6.07) is 123. The van der Waals surface area contributed by atoms with Gasteiger partial charge in [-0.15, -0.1) is 0 Å². The summed E-state index contributed by atoms with van der Waals surface area (Å²) < 4.78 is 0. The highest BCUT2D eigenvalue weighted by Crippen LogP contribution is 2.47. The van der Waals surface area contributed by atoms with Crippen molar-refractivity contribution in [1.82, 2.24) is 0 Å². The zero-order chi connectivity index (χ0) is 79.1. The number of fused-ring (bicyclic) bond motifs is 10. The summed E-state index contributed by atoms with van der Waals surface area (Å²) >= 11 is 9.51. The van der Waals surface area contributed by atoms with Gasteiger partial charge in [0.15, 0.2) is 0 Å². The fourth-order valence-corrected chi connectivity index (χ4v) is 21.8. The molecule has 20 rings (SSSR count). The molecule has 0 nitrogen and oxygen atoms in total. The SMILES string of the molecule is Cc1cccc(C(C)c2ccc3c(c2)Cc2ccccc2S3)c1.Cc1cccc(C(C)c2ccc3c(c2)Cc2ccccc2S3)c1.Cc1cccc(C(C)c2ccc3c(c2)Cc2ccccc2S3)c1.Cc1cccc(C(C)c2ccc3c(c2)Cc2ccccc2S3)c1.Cc1cccc(C(C)c2ccc3c(c2)Cc2ccccc2S3)c1. The highest BCUT2D eigenvalue weighted by molar-refractivity contribution is 8.00. The third kappa shape index (κ3) is 18.8. The van der Waals surface area contributed by atoms with E-state index >= 15 is 0 Å². The van der Waals surface area contributed by atoms with Crippen LogP contribution in [0.5, 0.6) is 0 Å². The van der Waals surface area contributed by atoms with Crippen molar-refractivity contribution in [3.8, 4) is 0 Å². The summed E-state index contributed by atoms with van der Waals surface area (Å²) in [5.74, 6) is 2.16. The Hall–Kier alpha value is -9.95. The van der Waals surface area contributed by atoms with Crippen molar-refractivity contribution in [1.29, 1.82) is 0 Å². The lowest BCUT2D eigenvalue weighted by atomic mass is 9.90. The standard InChI is InChI=1S/5C22H20S/c5*1-15-6-5-8-17(12-15)16(2)18-10-11-22-20(13-18)14-19-7-3-4-9-21(19)23-22/h5*3-13,16H,14H2,1-2H3. The van der Waals surface area contributed by atoms with Crippen LogP contribution in [0.25, 0.3) is 0 Å². The number of hydrogen-bond acceptors (Lipinski definition) is 5. The summed E-state index contributed by atoms with van der Waals surface area (Å²) in [4.78, 5) is 14.0. The predicted octanol–water partition coefficient (Wildman–Crippen LogP) is 31.0. The van der Waals surface area contributed by atoms with Gasteiger partial charge in [0.1, 0.15) is 0 Å². The Morgan fingerprint density at radius 2 is 0.313 bits per heavy atom. The molecule has 0 amide bonds. The van der Waals surface area contributed by atoms with E-state index in [4.69, 9.17) is 0 Å². The van der Waals surface area contributed by atoms with Crippen LogP contribution in [0.2, 0.25) is 0 Å². The molecule has 5 unspecified atom stereocenters. The first kappa shape index (κ1) is 78.9. The molecule has 5 aliphatic heterocycles. The lowest BCUT2D eigenvalue weighted by molar-refractivity contribution is 0.907. The second kappa shape index (κ2) is 36.1. The van der Waals surface area contributed by atoms with Gasteiger partial charge >= 0.3 is 0 Å². The van der Waals surface area contributed by atoms with Gasteiger partial charge in [0.2, 0.25) is 0 Å². The molecule has 0 aromatic heterocycles. The van der Waals surface area contributed by atoms with Crippen molar-refractivity contribution in [2.75, 3.05) is 0 Å². The third-order valence-electron chi connectivity index (χ3n) is 23.5. The molecule has 0 bridgehead atoms. The molecule has 5 atom stereocenters. The molecular weight excluding hydrogens is 1480 g/mol. The smallest absolute Gasteiger partial charge is 0.0158 e. The van der Waals surface area contributed by atoms with Crippen LogP contribution in [0.15, 0.2) is 383 Å². The van der Waals surface area contributed by atoms with E-state index in [9.17, 15) is 0 Å². The van der Waals surface area contributed by atoms with Crippen molar-refractivity contribution in [2.45, 2.75) is 180 Å². The molecule has 15 aromatic rings. The van der Waals surface area contributed by atoms with E-state index in [0.29, 0.717) is 29.6 Å². The Labute approximate surface area is 705 Å². The van der Waals surface area contributed by atoms with Gasteiger partial charge in [0.25, 0.3) is 0 Å². The number of rotatable bonds is 10. The van der Waals surface area contributed by atoms with Gasteiger partial charge in [-0.1, -0.05) is 394 Å². The molecule has 0 fully saturated rings. The highest BCUT2D eigenvalue weighted by Gasteiger charge is 2.25. The molecule has 570 valence electrons. The first-order valence-electron chi connectivity index (χ1n) is 40.8. The molecule has 0 saturated carbocycles. The van der Waals surface area contributed by atoms with Crippen LogP contribution in [-0.4, -0.2) is 0 Å². The zero-order valence-corrected chi connectivity index (χ0v) is 71.8. The molecule has 5 aliphatic rings. The van der Waals surface area contributed by atoms with E-state index in [2.05, 4.69) is 403 Å². The number of hydrogen-bond donors (Lipinski definition) is 0. The van der Waals surface area contributed by atoms with E-state index in [0.717, 1.165) is 32.1 Å². The maximum absolute atomic E-state index is 2.41. The summed E-state index contributed by atoms with van der Waals surface area (Å²) in [7, 11) is 0. The van der Waals surface area contributed by atoms with Gasteiger partial charge in [-0.3, -0.25) is 0 Å². The quantitative estimate of drug-likeness (QED) is 0.133. The van der Waals surface area contributed by atoms with Gasteiger partial charge in [0, 0.05) is 78.5 Å². The van der Waals surface area contributed by atoms with Crippen LogP contribution in [0, 0.1) is 34.6 Å². The molecule has 0 spiro atoms. The zero-order valence-electron chi connectivity index (χ0n) is 67.7. The molecule has 15 aromatic carbocycles. The maximum Gasteiger partial charge on any atom is 0.0158 e. The second-order valence-electron chi connectivity index (χ2n) is 31.9. The van der Waals surface area contributed by atoms with Crippen molar-refractivity contribution >= 4 is 58.8 Å². The molecule has 0 N–H and O–H groups in total. The summed E-state index contributed by atoms with van der Waals surface area (Å²) in [5.41, 5.74) is 35.3. The van der Waals surface area contributed by atoms with Crippen LogP contribution >= 0.6 is 58.8 Å². The number of benzene rings is 15. The van der Waals surface area contributed by atoms with Crippen LogP contribution in [-0.2, 0) is 32.1 Å². The van der Waals surface area contributed by atoms with Crippen LogP contribution in [0.4, 0.5) is 0 Å². The lowest BCUT2D eigenvalue weighted by Gasteiger charge is -2.21. The van der Waals surface area contributed by atoms with E-state index in [-0.39, 0.29) is 0 Å². The molecule has 0 saturated heterocycles. The lowest BCUT2D eigenvalue weighted by Crippen LogP contribution is -2.03. The van der Waals surface area contributed by atoms with Gasteiger partial charge in [-0.2, -0.15) is 0 Å². The molecule has 5 heteroatoms. The van der Waals surface area contributed by atoms with Gasteiger partial charge in [0.05, 0.1) is 0 Å². The van der Waals surface area contributed by atoms with Crippen molar-refractivity contribution < 1.29 is 0 Å². The average Bonchev–Trinajstić information content (AvgIpc) is 0.809. The molecule has 0 aliphatic carbocycles. The van der Waals surface area contributed by atoms with E-state index < -0.39 is 0 Å². The van der Waals surface area contributed by atoms with E-state index in [1.807, 2.05) is 58.8 Å². The van der Waals surface area contributed by atoms with E-state index in [1.165, 1.54) is 188 Å². The fraction of sp³-hybridized carbons (Fsp3) is 0.182. The minimum Gasteiger partial charge on any atom is -0.0895 e. The maximum atomic E-state index is 2.41. The van der Waals surface area contributed by atoms with Gasteiger partial charge in [-0.25, -0.2) is 0 Å². The molecular formula is C110H100S5. The number of aryl methyl sites for hydroxylation is 5. The second-order valence-corrected chi connectivity index (χ2v) is 37.4. The Balaban J connectivity index is 0.000000108. The predicted molar refractivity (Wildman–Crippen MR) is 493 cm³/mol. The van der Waals surface area contributed by atoms with Crippen molar-refractivity contribution in [3.05, 3.63) is 473 Å². The fourth-order valence-electron chi connectivity index (χ4n) is 16.6.